The van der Waals surface area contributed by atoms with E-state index in [0.717, 1.165) is 22.6 Å². The van der Waals surface area contributed by atoms with Gasteiger partial charge in [-0.15, -0.1) is 0 Å². The maximum atomic E-state index is 5.67. The van der Waals surface area contributed by atoms with Crippen LogP contribution in [0.5, 0.6) is 23.0 Å². The summed E-state index contributed by atoms with van der Waals surface area (Å²) in [4.78, 5) is 0. The van der Waals surface area contributed by atoms with Crippen molar-refractivity contribution in [2.24, 2.45) is 0 Å². The number of hydrogen-bond acceptors (Lipinski definition) is 8. The van der Waals surface area contributed by atoms with Crippen LogP contribution in [0, 0.1) is 0 Å². The summed E-state index contributed by atoms with van der Waals surface area (Å²) in [6.45, 7) is 0. The fourth-order valence-electron chi connectivity index (χ4n) is 3.37. The Kier molecular flexibility index (Phi) is 4.94. The molecule has 1 unspecified atom stereocenters. The number of nitrogens with one attached hydrogen (secondary N) is 1. The molecule has 0 saturated carbocycles. The standard InChI is InChI=1S/C20H21N5O4/c1-26-13-7-5-12(6-8-13)15-11-16(25-20(21-15)22-23-24-25)14-9-10-17(27-2)19(29-4)18(14)28-3/h5-11,16H,1-4H3,(H,21,22,24). The highest BCUT2D eigenvalue weighted by atomic mass is 16.5. The second kappa shape index (κ2) is 7.70. The molecular weight excluding hydrogens is 374 g/mol. The zero-order valence-electron chi connectivity index (χ0n) is 16.5. The Bertz CT molecular complexity index is 1050. The summed E-state index contributed by atoms with van der Waals surface area (Å²) in [5.74, 6) is 2.97. The Labute approximate surface area is 167 Å². The summed E-state index contributed by atoms with van der Waals surface area (Å²) in [6.07, 6.45) is 2.04. The fourth-order valence-corrected chi connectivity index (χ4v) is 3.37. The molecule has 4 rings (SSSR count). The van der Waals surface area contributed by atoms with Crippen LogP contribution >= 0.6 is 0 Å². The number of hydrogen-bond donors (Lipinski definition) is 1. The Balaban J connectivity index is 1.84. The van der Waals surface area contributed by atoms with Gasteiger partial charge in [-0.25, -0.2) is 0 Å². The van der Waals surface area contributed by atoms with E-state index in [1.807, 2.05) is 42.5 Å². The molecule has 29 heavy (non-hydrogen) atoms. The maximum absolute atomic E-state index is 5.67. The van der Waals surface area contributed by atoms with Gasteiger partial charge in [0.15, 0.2) is 11.5 Å². The average molecular weight is 395 g/mol. The van der Waals surface area contributed by atoms with Crippen LogP contribution < -0.4 is 24.3 Å². The monoisotopic (exact) mass is 395 g/mol. The molecular formula is C20H21N5O4. The summed E-state index contributed by atoms with van der Waals surface area (Å²) in [5, 5.41) is 15.3. The van der Waals surface area contributed by atoms with Crippen LogP contribution in [0.2, 0.25) is 0 Å². The van der Waals surface area contributed by atoms with Crippen LogP contribution in [0.1, 0.15) is 17.2 Å². The van der Waals surface area contributed by atoms with Crippen molar-refractivity contribution in [1.82, 2.24) is 20.2 Å². The molecule has 3 aromatic rings. The lowest BCUT2D eigenvalue weighted by molar-refractivity contribution is 0.320. The molecule has 0 aliphatic carbocycles. The fraction of sp³-hybridized carbons (Fsp3) is 0.250. The first-order chi connectivity index (χ1) is 14.2. The average Bonchev–Trinajstić information content (AvgIpc) is 3.26. The lowest BCUT2D eigenvalue weighted by Crippen LogP contribution is -2.21. The third-order valence-corrected chi connectivity index (χ3v) is 4.78. The number of methoxy groups -OCH3 is 4. The quantitative estimate of drug-likeness (QED) is 0.681. The number of benzene rings is 2. The number of tetrazole rings is 1. The topological polar surface area (TPSA) is 92.5 Å². The van der Waals surface area contributed by atoms with Gasteiger partial charge < -0.3 is 24.3 Å². The number of ether oxygens (including phenoxy) is 4. The summed E-state index contributed by atoms with van der Waals surface area (Å²) < 4.78 is 23.5. The molecule has 9 heteroatoms. The second-order valence-corrected chi connectivity index (χ2v) is 6.25. The Morgan fingerprint density at radius 2 is 1.62 bits per heavy atom. The number of fused-ring (bicyclic) bond motifs is 1. The van der Waals surface area contributed by atoms with E-state index in [4.69, 9.17) is 18.9 Å². The lowest BCUT2D eigenvalue weighted by Gasteiger charge is -2.25. The molecule has 0 radical (unpaired) electrons. The number of nitrogens with zero attached hydrogens (tertiary/aromatic N) is 4. The molecule has 1 aliphatic rings. The van der Waals surface area contributed by atoms with Crippen molar-refractivity contribution in [3.05, 3.63) is 53.6 Å². The second-order valence-electron chi connectivity index (χ2n) is 6.25. The van der Waals surface area contributed by atoms with Crippen LogP contribution in [0.3, 0.4) is 0 Å². The third kappa shape index (κ3) is 3.20. The first-order valence-corrected chi connectivity index (χ1v) is 8.90. The van der Waals surface area contributed by atoms with Gasteiger partial charge in [0.05, 0.1) is 28.4 Å². The van der Waals surface area contributed by atoms with Crippen molar-refractivity contribution < 1.29 is 18.9 Å². The molecule has 0 bridgehead atoms. The molecule has 0 spiro atoms. The van der Waals surface area contributed by atoms with Gasteiger partial charge in [-0.2, -0.15) is 4.68 Å². The van der Waals surface area contributed by atoms with E-state index in [1.165, 1.54) is 0 Å². The molecule has 2 aromatic carbocycles. The normalized spacial score (nSPS) is 15.0. The van der Waals surface area contributed by atoms with Crippen LogP contribution in [-0.4, -0.2) is 48.6 Å². The van der Waals surface area contributed by atoms with Gasteiger partial charge in [0.2, 0.25) is 11.7 Å². The molecule has 1 N–H and O–H groups in total. The number of anilines is 1. The molecule has 0 fully saturated rings. The van der Waals surface area contributed by atoms with Gasteiger partial charge in [0.25, 0.3) is 0 Å². The van der Waals surface area contributed by atoms with Crippen LogP contribution in [0.4, 0.5) is 5.95 Å². The minimum Gasteiger partial charge on any atom is -0.497 e. The largest absolute Gasteiger partial charge is 0.497 e. The van der Waals surface area contributed by atoms with Gasteiger partial charge in [-0.1, -0.05) is 5.10 Å². The lowest BCUT2D eigenvalue weighted by atomic mass is 10.00. The number of aromatic nitrogens is 4. The van der Waals surface area contributed by atoms with E-state index >= 15 is 0 Å². The van der Waals surface area contributed by atoms with E-state index < -0.39 is 0 Å². The smallest absolute Gasteiger partial charge is 0.248 e. The van der Waals surface area contributed by atoms with Gasteiger partial charge >= 0.3 is 0 Å². The summed E-state index contributed by atoms with van der Waals surface area (Å²) >= 11 is 0. The highest BCUT2D eigenvalue weighted by Gasteiger charge is 2.29. The zero-order chi connectivity index (χ0) is 20.4. The van der Waals surface area contributed by atoms with E-state index in [-0.39, 0.29) is 6.04 Å². The Hall–Kier alpha value is -3.75. The Morgan fingerprint density at radius 3 is 2.28 bits per heavy atom. The van der Waals surface area contributed by atoms with Gasteiger partial charge in [0, 0.05) is 11.3 Å². The van der Waals surface area contributed by atoms with E-state index in [1.54, 1.807) is 33.1 Å². The SMILES string of the molecule is COc1ccc(C2=CC(c3ccc(OC)c(OC)c3OC)n3nnnc3N2)cc1. The summed E-state index contributed by atoms with van der Waals surface area (Å²) in [5.41, 5.74) is 2.69. The van der Waals surface area contributed by atoms with E-state index in [9.17, 15) is 0 Å². The highest BCUT2D eigenvalue weighted by molar-refractivity contribution is 5.77. The maximum Gasteiger partial charge on any atom is 0.248 e. The first-order valence-electron chi connectivity index (χ1n) is 8.90. The predicted molar refractivity (Wildman–Crippen MR) is 107 cm³/mol. The van der Waals surface area contributed by atoms with Crippen molar-refractivity contribution in [3.63, 3.8) is 0 Å². The van der Waals surface area contributed by atoms with E-state index in [0.29, 0.717) is 23.2 Å². The molecule has 0 amide bonds. The molecule has 1 atom stereocenters. The van der Waals surface area contributed by atoms with Crippen molar-refractivity contribution >= 4 is 11.6 Å². The van der Waals surface area contributed by atoms with Crippen molar-refractivity contribution in [3.8, 4) is 23.0 Å². The molecule has 1 aliphatic heterocycles. The van der Waals surface area contributed by atoms with Crippen molar-refractivity contribution in [1.29, 1.82) is 0 Å². The highest BCUT2D eigenvalue weighted by Crippen LogP contribution is 2.44. The van der Waals surface area contributed by atoms with Crippen LogP contribution in [-0.2, 0) is 0 Å². The van der Waals surface area contributed by atoms with Crippen LogP contribution in [0.15, 0.2) is 42.5 Å². The minimum atomic E-state index is -0.312. The van der Waals surface area contributed by atoms with E-state index in [2.05, 4.69) is 20.8 Å². The number of rotatable bonds is 6. The predicted octanol–water partition coefficient (Wildman–Crippen LogP) is 2.76. The third-order valence-electron chi connectivity index (χ3n) is 4.78. The van der Waals surface area contributed by atoms with Gasteiger partial charge in [-0.05, 0) is 58.5 Å². The minimum absolute atomic E-state index is 0.312. The molecule has 150 valence electrons. The Morgan fingerprint density at radius 1 is 0.862 bits per heavy atom. The van der Waals surface area contributed by atoms with Crippen molar-refractivity contribution in [2.45, 2.75) is 6.04 Å². The molecule has 9 nitrogen and oxygen atoms in total. The van der Waals surface area contributed by atoms with Gasteiger partial charge in [-0.3, -0.25) is 0 Å². The van der Waals surface area contributed by atoms with Crippen LogP contribution in [0.25, 0.3) is 5.70 Å². The number of allylic oxidation sites excluding steroid dienone is 1. The zero-order valence-corrected chi connectivity index (χ0v) is 16.5. The summed E-state index contributed by atoms with van der Waals surface area (Å²) in [7, 11) is 6.40. The molecule has 0 saturated heterocycles. The van der Waals surface area contributed by atoms with Crippen molar-refractivity contribution in [2.75, 3.05) is 33.8 Å². The summed E-state index contributed by atoms with van der Waals surface area (Å²) in [6, 6.07) is 11.2. The molecule has 1 aromatic heterocycles. The first kappa shape index (κ1) is 18.6. The van der Waals surface area contributed by atoms with Gasteiger partial charge in [0.1, 0.15) is 11.8 Å². The molecule has 2 heterocycles.